The Labute approximate surface area is 135 Å². The van der Waals surface area contributed by atoms with Crippen molar-refractivity contribution in [2.75, 3.05) is 21.3 Å². The first-order valence-corrected chi connectivity index (χ1v) is 7.62. The SMILES string of the molecule is COc1cc(OC)c(C2(C(=O)O)CCCCC2)c(Cl)c1OC. The zero-order chi connectivity index (χ0) is 16.3. The molecule has 0 saturated heterocycles. The van der Waals surface area contributed by atoms with E-state index in [1.54, 1.807) is 6.07 Å². The molecule has 0 heterocycles. The van der Waals surface area contributed by atoms with Crippen LogP contribution in [0.15, 0.2) is 6.07 Å². The number of benzene rings is 1. The molecule has 1 aliphatic carbocycles. The van der Waals surface area contributed by atoms with Crippen LogP contribution in [-0.4, -0.2) is 32.4 Å². The predicted octanol–water partition coefficient (Wildman–Crippen LogP) is 3.65. The Morgan fingerprint density at radius 1 is 1.09 bits per heavy atom. The van der Waals surface area contributed by atoms with Crippen molar-refractivity contribution in [3.05, 3.63) is 16.7 Å². The molecule has 0 atom stereocenters. The second-order valence-corrected chi connectivity index (χ2v) is 5.83. The van der Waals surface area contributed by atoms with Gasteiger partial charge in [-0.25, -0.2) is 0 Å². The van der Waals surface area contributed by atoms with Gasteiger partial charge in [0.1, 0.15) is 5.75 Å². The Morgan fingerprint density at radius 2 is 1.68 bits per heavy atom. The average molecular weight is 329 g/mol. The predicted molar refractivity (Wildman–Crippen MR) is 83.5 cm³/mol. The van der Waals surface area contributed by atoms with Gasteiger partial charge in [-0.2, -0.15) is 0 Å². The summed E-state index contributed by atoms with van der Waals surface area (Å²) < 4.78 is 16.0. The fourth-order valence-corrected chi connectivity index (χ4v) is 3.71. The highest BCUT2D eigenvalue weighted by atomic mass is 35.5. The third-order valence-electron chi connectivity index (χ3n) is 4.39. The van der Waals surface area contributed by atoms with Gasteiger partial charge >= 0.3 is 5.97 Å². The molecule has 5 nitrogen and oxygen atoms in total. The number of aliphatic carboxylic acids is 1. The third-order valence-corrected chi connectivity index (χ3v) is 4.75. The van der Waals surface area contributed by atoms with Crippen LogP contribution in [0.25, 0.3) is 0 Å². The molecule has 0 aliphatic heterocycles. The minimum absolute atomic E-state index is 0.253. The summed E-state index contributed by atoms with van der Waals surface area (Å²) in [5, 5.41) is 10.1. The van der Waals surface area contributed by atoms with Gasteiger partial charge < -0.3 is 19.3 Å². The lowest BCUT2D eigenvalue weighted by Crippen LogP contribution is -2.38. The maximum absolute atomic E-state index is 12.1. The minimum Gasteiger partial charge on any atom is -0.496 e. The molecule has 1 saturated carbocycles. The summed E-state index contributed by atoms with van der Waals surface area (Å²) in [6.07, 6.45) is 3.80. The standard InChI is InChI=1S/C16H21ClO5/c1-20-10-9-11(21-2)14(22-3)13(17)12(10)16(15(18)19)7-5-4-6-8-16/h9H,4-8H2,1-3H3,(H,18,19). The van der Waals surface area contributed by atoms with Crippen molar-refractivity contribution in [2.45, 2.75) is 37.5 Å². The van der Waals surface area contributed by atoms with Crippen molar-refractivity contribution < 1.29 is 24.1 Å². The smallest absolute Gasteiger partial charge is 0.314 e. The minimum atomic E-state index is -1.04. The Morgan fingerprint density at radius 3 is 2.14 bits per heavy atom. The van der Waals surface area contributed by atoms with Gasteiger partial charge in [0.15, 0.2) is 11.5 Å². The summed E-state index contributed by atoms with van der Waals surface area (Å²) in [6.45, 7) is 0. The lowest BCUT2D eigenvalue weighted by molar-refractivity contribution is -0.145. The number of methoxy groups -OCH3 is 3. The number of ether oxygens (including phenoxy) is 3. The first-order valence-electron chi connectivity index (χ1n) is 7.24. The van der Waals surface area contributed by atoms with Gasteiger partial charge in [0, 0.05) is 11.6 Å². The first-order chi connectivity index (χ1) is 10.5. The molecule has 0 unspecified atom stereocenters. The van der Waals surface area contributed by atoms with Crippen molar-refractivity contribution in [3.63, 3.8) is 0 Å². The van der Waals surface area contributed by atoms with Crippen LogP contribution in [0.1, 0.15) is 37.7 Å². The van der Waals surface area contributed by atoms with Crippen LogP contribution in [0.2, 0.25) is 5.02 Å². The quantitative estimate of drug-likeness (QED) is 0.893. The monoisotopic (exact) mass is 328 g/mol. The largest absolute Gasteiger partial charge is 0.496 e. The van der Waals surface area contributed by atoms with Gasteiger partial charge in [-0.15, -0.1) is 0 Å². The number of rotatable bonds is 5. The second kappa shape index (κ2) is 6.65. The summed E-state index contributed by atoms with van der Waals surface area (Å²) in [6, 6.07) is 1.64. The van der Waals surface area contributed by atoms with Gasteiger partial charge in [0.25, 0.3) is 0 Å². The van der Waals surface area contributed by atoms with E-state index in [4.69, 9.17) is 25.8 Å². The number of hydrogen-bond donors (Lipinski definition) is 1. The van der Waals surface area contributed by atoms with E-state index in [2.05, 4.69) is 0 Å². The van der Waals surface area contributed by atoms with E-state index in [1.165, 1.54) is 21.3 Å². The molecular weight excluding hydrogens is 308 g/mol. The Bertz CT molecular complexity index is 564. The van der Waals surface area contributed by atoms with Gasteiger partial charge in [-0.05, 0) is 12.8 Å². The van der Waals surface area contributed by atoms with Crippen molar-refractivity contribution in [1.82, 2.24) is 0 Å². The normalized spacial score (nSPS) is 16.9. The highest BCUT2D eigenvalue weighted by Crippen LogP contribution is 2.52. The molecule has 1 aromatic carbocycles. The van der Waals surface area contributed by atoms with Crippen LogP contribution in [0.5, 0.6) is 17.2 Å². The zero-order valence-electron chi connectivity index (χ0n) is 13.1. The molecular formula is C16H21ClO5. The fourth-order valence-electron chi connectivity index (χ4n) is 3.26. The van der Waals surface area contributed by atoms with E-state index in [1.807, 2.05) is 0 Å². The first kappa shape index (κ1) is 16.7. The Kier molecular flexibility index (Phi) is 5.06. The number of carboxylic acid groups (broad SMARTS) is 1. The van der Waals surface area contributed by atoms with E-state index in [0.717, 1.165) is 19.3 Å². The van der Waals surface area contributed by atoms with Crippen molar-refractivity contribution >= 4 is 17.6 Å². The van der Waals surface area contributed by atoms with E-state index in [-0.39, 0.29) is 5.02 Å². The van der Waals surface area contributed by atoms with E-state index >= 15 is 0 Å². The van der Waals surface area contributed by atoms with Gasteiger partial charge in [0.2, 0.25) is 0 Å². The molecule has 1 N–H and O–H groups in total. The van der Waals surface area contributed by atoms with Crippen LogP contribution in [0.3, 0.4) is 0 Å². The maximum Gasteiger partial charge on any atom is 0.314 e. The van der Waals surface area contributed by atoms with Gasteiger partial charge in [-0.3, -0.25) is 4.79 Å². The number of halogens is 1. The molecule has 0 radical (unpaired) electrons. The molecule has 0 bridgehead atoms. The fraction of sp³-hybridized carbons (Fsp3) is 0.562. The molecule has 1 aromatic rings. The highest BCUT2D eigenvalue weighted by Gasteiger charge is 2.46. The molecule has 122 valence electrons. The zero-order valence-corrected chi connectivity index (χ0v) is 13.8. The van der Waals surface area contributed by atoms with Crippen LogP contribution in [-0.2, 0) is 10.2 Å². The Hall–Kier alpha value is -1.62. The number of carboxylic acids is 1. The molecule has 0 spiro atoms. The lowest BCUT2D eigenvalue weighted by Gasteiger charge is -2.35. The number of carbonyl (C=O) groups is 1. The van der Waals surface area contributed by atoms with E-state index < -0.39 is 11.4 Å². The van der Waals surface area contributed by atoms with Crippen LogP contribution >= 0.6 is 11.6 Å². The lowest BCUT2D eigenvalue weighted by atomic mass is 9.69. The van der Waals surface area contributed by atoms with Crippen LogP contribution < -0.4 is 14.2 Å². The molecule has 2 rings (SSSR count). The van der Waals surface area contributed by atoms with Gasteiger partial charge in [-0.1, -0.05) is 30.9 Å². The van der Waals surface area contributed by atoms with Crippen molar-refractivity contribution in [3.8, 4) is 17.2 Å². The molecule has 6 heteroatoms. The number of hydrogen-bond acceptors (Lipinski definition) is 4. The summed E-state index contributed by atoms with van der Waals surface area (Å²) in [7, 11) is 4.48. The molecule has 1 fully saturated rings. The average Bonchev–Trinajstić information content (AvgIpc) is 2.54. The maximum atomic E-state index is 12.1. The molecule has 22 heavy (non-hydrogen) atoms. The summed E-state index contributed by atoms with van der Waals surface area (Å²) in [5.41, 5.74) is -0.554. The van der Waals surface area contributed by atoms with Crippen molar-refractivity contribution in [2.24, 2.45) is 0 Å². The van der Waals surface area contributed by atoms with Crippen LogP contribution in [0, 0.1) is 0 Å². The topological polar surface area (TPSA) is 65.0 Å². The molecule has 1 aliphatic rings. The summed E-state index contributed by atoms with van der Waals surface area (Å²) >= 11 is 6.50. The summed E-state index contributed by atoms with van der Waals surface area (Å²) in [4.78, 5) is 12.1. The second-order valence-electron chi connectivity index (χ2n) is 5.45. The van der Waals surface area contributed by atoms with Gasteiger partial charge in [0.05, 0.1) is 31.8 Å². The van der Waals surface area contributed by atoms with E-state index in [9.17, 15) is 9.90 Å². The van der Waals surface area contributed by atoms with Crippen molar-refractivity contribution in [1.29, 1.82) is 0 Å². The summed E-state index contributed by atoms with van der Waals surface area (Å²) in [5.74, 6) is 0.308. The molecule has 0 aromatic heterocycles. The third kappa shape index (κ3) is 2.58. The van der Waals surface area contributed by atoms with Crippen LogP contribution in [0.4, 0.5) is 0 Å². The van der Waals surface area contributed by atoms with E-state index in [0.29, 0.717) is 35.7 Å². The Balaban J connectivity index is 2.73. The highest BCUT2D eigenvalue weighted by molar-refractivity contribution is 6.33. The molecule has 0 amide bonds.